The number of aliphatic hydroxyl groups is 1. The average molecular weight is 179 g/mol. The van der Waals surface area contributed by atoms with Gasteiger partial charge in [0.15, 0.2) is 5.75 Å². The van der Waals surface area contributed by atoms with Crippen molar-refractivity contribution in [3.05, 3.63) is 24.2 Å². The van der Waals surface area contributed by atoms with Crippen molar-refractivity contribution < 1.29 is 10.2 Å². The van der Waals surface area contributed by atoms with Crippen LogP contribution in [0, 0.1) is 0 Å². The topological polar surface area (TPSA) is 70.7 Å². The molecule has 68 valence electrons. The monoisotopic (exact) mass is 179 g/mol. The molecule has 0 aromatic carbocycles. The molecule has 0 aliphatic heterocycles. The highest BCUT2D eigenvalue weighted by Gasteiger charge is 2.06. The number of aromatic nitrogens is 3. The van der Waals surface area contributed by atoms with E-state index in [-0.39, 0.29) is 12.4 Å². The SMILES string of the molecule is OCCc1nnc2c(O)cccn12. The van der Waals surface area contributed by atoms with Crippen LogP contribution in [0.5, 0.6) is 5.75 Å². The van der Waals surface area contributed by atoms with Crippen LogP contribution in [0.1, 0.15) is 5.82 Å². The second kappa shape index (κ2) is 3.02. The molecule has 0 fully saturated rings. The number of aliphatic hydroxyl groups excluding tert-OH is 1. The quantitative estimate of drug-likeness (QED) is 0.679. The van der Waals surface area contributed by atoms with Crippen LogP contribution < -0.4 is 0 Å². The van der Waals surface area contributed by atoms with Crippen molar-refractivity contribution in [2.45, 2.75) is 6.42 Å². The molecule has 2 N–H and O–H groups in total. The van der Waals surface area contributed by atoms with Crippen molar-refractivity contribution in [1.82, 2.24) is 14.6 Å². The number of nitrogens with zero attached hydrogens (tertiary/aromatic N) is 3. The standard InChI is InChI=1S/C8H9N3O2/c12-5-3-7-9-10-8-6(13)2-1-4-11(7)8/h1-2,4,12-13H,3,5H2. The highest BCUT2D eigenvalue weighted by atomic mass is 16.3. The summed E-state index contributed by atoms with van der Waals surface area (Å²) >= 11 is 0. The van der Waals surface area contributed by atoms with E-state index in [2.05, 4.69) is 10.2 Å². The number of pyridine rings is 1. The predicted octanol–water partition coefficient (Wildman–Crippen LogP) is -0.0303. The molecule has 0 saturated carbocycles. The minimum Gasteiger partial charge on any atom is -0.504 e. The average Bonchev–Trinajstić information content (AvgIpc) is 2.51. The number of rotatable bonds is 2. The van der Waals surface area contributed by atoms with Gasteiger partial charge in [-0.05, 0) is 12.1 Å². The summed E-state index contributed by atoms with van der Waals surface area (Å²) in [5, 5.41) is 25.7. The number of aromatic hydroxyl groups is 1. The third kappa shape index (κ3) is 1.23. The van der Waals surface area contributed by atoms with Gasteiger partial charge in [0.25, 0.3) is 0 Å². The Kier molecular flexibility index (Phi) is 1.86. The van der Waals surface area contributed by atoms with Crippen LogP contribution in [0.2, 0.25) is 0 Å². The van der Waals surface area contributed by atoms with Crippen molar-refractivity contribution in [2.75, 3.05) is 6.61 Å². The molecule has 0 aliphatic rings. The Morgan fingerprint density at radius 2 is 2.23 bits per heavy atom. The maximum Gasteiger partial charge on any atom is 0.203 e. The van der Waals surface area contributed by atoms with Crippen molar-refractivity contribution in [1.29, 1.82) is 0 Å². The Labute approximate surface area is 74.3 Å². The zero-order chi connectivity index (χ0) is 9.26. The minimum atomic E-state index is 0.0243. The van der Waals surface area contributed by atoms with Gasteiger partial charge in [0.05, 0.1) is 6.61 Å². The molecule has 2 aromatic rings. The van der Waals surface area contributed by atoms with E-state index in [0.29, 0.717) is 17.9 Å². The van der Waals surface area contributed by atoms with Gasteiger partial charge < -0.3 is 10.2 Å². The van der Waals surface area contributed by atoms with E-state index in [4.69, 9.17) is 5.11 Å². The largest absolute Gasteiger partial charge is 0.504 e. The van der Waals surface area contributed by atoms with Gasteiger partial charge in [0.2, 0.25) is 5.65 Å². The molecule has 0 saturated heterocycles. The van der Waals surface area contributed by atoms with Crippen molar-refractivity contribution >= 4 is 5.65 Å². The molecule has 2 rings (SSSR count). The zero-order valence-electron chi connectivity index (χ0n) is 6.88. The normalized spacial score (nSPS) is 10.8. The number of fused-ring (bicyclic) bond motifs is 1. The second-order valence-corrected chi connectivity index (χ2v) is 2.68. The van der Waals surface area contributed by atoms with E-state index in [0.717, 1.165) is 0 Å². The van der Waals surface area contributed by atoms with Crippen LogP contribution in [0.4, 0.5) is 0 Å². The minimum absolute atomic E-state index is 0.0243. The first kappa shape index (κ1) is 8.00. The molecule has 0 spiro atoms. The maximum absolute atomic E-state index is 9.37. The summed E-state index contributed by atoms with van der Waals surface area (Å²) in [6.07, 6.45) is 2.19. The maximum atomic E-state index is 9.37. The molecule has 0 radical (unpaired) electrons. The molecule has 0 unspecified atom stereocenters. The third-order valence-electron chi connectivity index (χ3n) is 1.82. The van der Waals surface area contributed by atoms with Gasteiger partial charge in [-0.1, -0.05) is 0 Å². The summed E-state index contributed by atoms with van der Waals surface area (Å²) in [5.74, 6) is 0.743. The summed E-state index contributed by atoms with van der Waals surface area (Å²) in [7, 11) is 0. The third-order valence-corrected chi connectivity index (χ3v) is 1.82. The van der Waals surface area contributed by atoms with Crippen LogP contribution in [-0.4, -0.2) is 31.4 Å². The molecule has 5 heteroatoms. The second-order valence-electron chi connectivity index (χ2n) is 2.68. The van der Waals surface area contributed by atoms with E-state index in [1.165, 1.54) is 0 Å². The molecular weight excluding hydrogens is 170 g/mol. The Morgan fingerprint density at radius 3 is 3.00 bits per heavy atom. The van der Waals surface area contributed by atoms with E-state index in [1.807, 2.05) is 0 Å². The van der Waals surface area contributed by atoms with Gasteiger partial charge in [0.1, 0.15) is 5.82 Å². The Morgan fingerprint density at radius 1 is 1.38 bits per heavy atom. The first-order valence-corrected chi connectivity index (χ1v) is 3.95. The van der Waals surface area contributed by atoms with Crippen molar-refractivity contribution in [3.8, 4) is 5.75 Å². The summed E-state index contributed by atoms with van der Waals surface area (Å²) in [6, 6.07) is 3.25. The Balaban J connectivity index is 2.61. The van der Waals surface area contributed by atoms with Gasteiger partial charge in [-0.2, -0.15) is 0 Å². The molecule has 2 heterocycles. The van der Waals surface area contributed by atoms with E-state index in [1.54, 1.807) is 22.7 Å². The van der Waals surface area contributed by atoms with E-state index in [9.17, 15) is 5.11 Å². The fraction of sp³-hybridized carbons (Fsp3) is 0.250. The molecular formula is C8H9N3O2. The molecule has 0 aliphatic carbocycles. The highest BCUT2D eigenvalue weighted by molar-refractivity contribution is 5.51. The lowest BCUT2D eigenvalue weighted by atomic mass is 10.4. The van der Waals surface area contributed by atoms with Gasteiger partial charge in [0, 0.05) is 12.6 Å². The van der Waals surface area contributed by atoms with Crippen LogP contribution >= 0.6 is 0 Å². The molecule has 0 bridgehead atoms. The molecule has 13 heavy (non-hydrogen) atoms. The smallest absolute Gasteiger partial charge is 0.203 e. The van der Waals surface area contributed by atoms with Crippen LogP contribution in [0.3, 0.4) is 0 Å². The lowest BCUT2D eigenvalue weighted by Crippen LogP contribution is -1.97. The van der Waals surface area contributed by atoms with Gasteiger partial charge in [-0.15, -0.1) is 10.2 Å². The first-order chi connectivity index (χ1) is 6.33. The molecule has 5 nitrogen and oxygen atoms in total. The highest BCUT2D eigenvalue weighted by Crippen LogP contribution is 2.15. The lowest BCUT2D eigenvalue weighted by Gasteiger charge is -1.97. The fourth-order valence-corrected chi connectivity index (χ4v) is 1.22. The van der Waals surface area contributed by atoms with Crippen LogP contribution in [-0.2, 0) is 6.42 Å². The summed E-state index contributed by atoms with van der Waals surface area (Å²) < 4.78 is 1.66. The predicted molar refractivity (Wildman–Crippen MR) is 45.4 cm³/mol. The zero-order valence-corrected chi connectivity index (χ0v) is 6.88. The van der Waals surface area contributed by atoms with Gasteiger partial charge in [-0.25, -0.2) is 0 Å². The molecule has 2 aromatic heterocycles. The lowest BCUT2D eigenvalue weighted by molar-refractivity contribution is 0.296. The van der Waals surface area contributed by atoms with E-state index < -0.39 is 0 Å². The summed E-state index contributed by atoms with van der Waals surface area (Å²) in [4.78, 5) is 0. The fourth-order valence-electron chi connectivity index (χ4n) is 1.22. The Hall–Kier alpha value is -1.62. The van der Waals surface area contributed by atoms with E-state index >= 15 is 0 Å². The number of hydrogen-bond acceptors (Lipinski definition) is 4. The molecule has 0 atom stereocenters. The van der Waals surface area contributed by atoms with Gasteiger partial charge in [-0.3, -0.25) is 4.40 Å². The van der Waals surface area contributed by atoms with Crippen LogP contribution in [0.25, 0.3) is 5.65 Å². The Bertz CT molecular complexity index is 424. The van der Waals surface area contributed by atoms with Gasteiger partial charge >= 0.3 is 0 Å². The van der Waals surface area contributed by atoms with Crippen LogP contribution in [0.15, 0.2) is 18.3 Å². The molecule has 0 amide bonds. The number of hydrogen-bond donors (Lipinski definition) is 2. The van der Waals surface area contributed by atoms with Crippen molar-refractivity contribution in [2.24, 2.45) is 0 Å². The first-order valence-electron chi connectivity index (χ1n) is 3.95. The summed E-state index contributed by atoms with van der Waals surface area (Å²) in [5.41, 5.74) is 0.422. The summed E-state index contributed by atoms with van der Waals surface area (Å²) in [6.45, 7) is 0.0243. The van der Waals surface area contributed by atoms with Crippen molar-refractivity contribution in [3.63, 3.8) is 0 Å².